The second kappa shape index (κ2) is 5.45. The van der Waals surface area contributed by atoms with Gasteiger partial charge in [-0.25, -0.2) is 9.97 Å². The van der Waals surface area contributed by atoms with Gasteiger partial charge in [0.25, 0.3) is 0 Å². The molecular formula is C12H11Cl2N3. The third kappa shape index (κ3) is 2.75. The molecule has 1 unspecified atom stereocenters. The summed E-state index contributed by atoms with van der Waals surface area (Å²) in [6.45, 7) is 0. The molecule has 0 aliphatic carbocycles. The highest BCUT2D eigenvalue weighted by atomic mass is 35.5. The number of hydrogen-bond donors (Lipinski definition) is 1. The van der Waals surface area contributed by atoms with E-state index in [4.69, 9.17) is 23.2 Å². The van der Waals surface area contributed by atoms with E-state index >= 15 is 0 Å². The topological polar surface area (TPSA) is 37.8 Å². The Kier molecular flexibility index (Phi) is 3.94. The first-order chi connectivity index (χ1) is 8.22. The molecule has 0 radical (unpaired) electrons. The molecule has 1 aromatic carbocycles. The molecule has 0 aliphatic heterocycles. The summed E-state index contributed by atoms with van der Waals surface area (Å²) >= 11 is 12.2. The maximum Gasteiger partial charge on any atom is 0.115 e. The van der Waals surface area contributed by atoms with Crippen molar-refractivity contribution < 1.29 is 0 Å². The van der Waals surface area contributed by atoms with Gasteiger partial charge in [0.05, 0.1) is 11.7 Å². The van der Waals surface area contributed by atoms with E-state index in [1.165, 1.54) is 6.33 Å². The average Bonchev–Trinajstić information content (AvgIpc) is 2.36. The highest BCUT2D eigenvalue weighted by Gasteiger charge is 2.16. The summed E-state index contributed by atoms with van der Waals surface area (Å²) in [7, 11) is 1.85. The van der Waals surface area contributed by atoms with Crippen molar-refractivity contribution in [2.45, 2.75) is 6.04 Å². The SMILES string of the molecule is CNC(c1ccncn1)c1cc(Cl)ccc1Cl. The van der Waals surface area contributed by atoms with Crippen LogP contribution in [0.1, 0.15) is 17.3 Å². The third-order valence-electron chi connectivity index (χ3n) is 2.46. The zero-order valence-electron chi connectivity index (χ0n) is 9.19. The predicted octanol–water partition coefficient (Wildman–Crippen LogP) is 3.09. The van der Waals surface area contributed by atoms with E-state index in [0.717, 1.165) is 11.3 Å². The molecule has 5 heteroatoms. The number of aromatic nitrogens is 2. The molecule has 88 valence electrons. The first kappa shape index (κ1) is 12.3. The van der Waals surface area contributed by atoms with Crippen molar-refractivity contribution in [3.63, 3.8) is 0 Å². The number of rotatable bonds is 3. The van der Waals surface area contributed by atoms with Gasteiger partial charge in [-0.1, -0.05) is 23.2 Å². The maximum absolute atomic E-state index is 6.18. The Bertz CT molecular complexity index is 502. The summed E-state index contributed by atoms with van der Waals surface area (Å²) < 4.78 is 0. The predicted molar refractivity (Wildman–Crippen MR) is 69.4 cm³/mol. The first-order valence-electron chi connectivity index (χ1n) is 5.10. The van der Waals surface area contributed by atoms with Crippen molar-refractivity contribution in [1.82, 2.24) is 15.3 Å². The fraction of sp³-hybridized carbons (Fsp3) is 0.167. The van der Waals surface area contributed by atoms with E-state index < -0.39 is 0 Å². The molecule has 3 nitrogen and oxygen atoms in total. The Labute approximate surface area is 110 Å². The standard InChI is InChI=1S/C12H11Cl2N3/c1-15-12(11-4-5-16-7-17-11)9-6-8(13)2-3-10(9)14/h2-7,12,15H,1H3. The minimum atomic E-state index is -0.0933. The monoisotopic (exact) mass is 267 g/mol. The Morgan fingerprint density at radius 1 is 1.24 bits per heavy atom. The molecule has 1 atom stereocenters. The Balaban J connectivity index is 2.46. The lowest BCUT2D eigenvalue weighted by Gasteiger charge is -2.17. The van der Waals surface area contributed by atoms with E-state index in [1.807, 2.05) is 19.2 Å². The normalized spacial score (nSPS) is 12.4. The van der Waals surface area contributed by atoms with Crippen molar-refractivity contribution in [3.8, 4) is 0 Å². The van der Waals surface area contributed by atoms with Gasteiger partial charge in [-0.2, -0.15) is 0 Å². The van der Waals surface area contributed by atoms with Gasteiger partial charge in [-0.3, -0.25) is 0 Å². The molecule has 2 aromatic rings. The highest BCUT2D eigenvalue weighted by molar-refractivity contribution is 6.33. The first-order valence-corrected chi connectivity index (χ1v) is 5.86. The number of nitrogens with zero attached hydrogens (tertiary/aromatic N) is 2. The van der Waals surface area contributed by atoms with Crippen molar-refractivity contribution in [1.29, 1.82) is 0 Å². The van der Waals surface area contributed by atoms with E-state index in [-0.39, 0.29) is 6.04 Å². The summed E-state index contributed by atoms with van der Waals surface area (Å²) in [5.74, 6) is 0. The number of benzene rings is 1. The van der Waals surface area contributed by atoms with Crippen LogP contribution in [0.2, 0.25) is 10.0 Å². The van der Waals surface area contributed by atoms with Crippen LogP contribution in [0.3, 0.4) is 0 Å². The Morgan fingerprint density at radius 2 is 2.06 bits per heavy atom. The van der Waals surface area contributed by atoms with Crippen LogP contribution in [0.4, 0.5) is 0 Å². The molecule has 1 N–H and O–H groups in total. The van der Waals surface area contributed by atoms with Crippen LogP contribution in [0, 0.1) is 0 Å². The average molecular weight is 268 g/mol. The quantitative estimate of drug-likeness (QED) is 0.929. The molecule has 1 aromatic heterocycles. The lowest BCUT2D eigenvalue weighted by molar-refractivity contribution is 0.668. The van der Waals surface area contributed by atoms with Crippen LogP contribution in [-0.4, -0.2) is 17.0 Å². The molecule has 0 saturated heterocycles. The zero-order valence-corrected chi connectivity index (χ0v) is 10.7. The summed E-state index contributed by atoms with van der Waals surface area (Å²) in [6.07, 6.45) is 3.21. The van der Waals surface area contributed by atoms with Crippen LogP contribution in [0.25, 0.3) is 0 Å². The summed E-state index contributed by atoms with van der Waals surface area (Å²) in [5, 5.41) is 4.48. The van der Waals surface area contributed by atoms with Gasteiger partial charge in [-0.05, 0) is 36.9 Å². The van der Waals surface area contributed by atoms with Crippen LogP contribution in [0.15, 0.2) is 36.8 Å². The zero-order chi connectivity index (χ0) is 12.3. The lowest BCUT2D eigenvalue weighted by Crippen LogP contribution is -2.19. The molecule has 0 aliphatic rings. The Hall–Kier alpha value is -1.16. The Morgan fingerprint density at radius 3 is 2.71 bits per heavy atom. The summed E-state index contributed by atoms with van der Waals surface area (Å²) in [4.78, 5) is 8.12. The van der Waals surface area contributed by atoms with E-state index in [0.29, 0.717) is 10.0 Å². The van der Waals surface area contributed by atoms with E-state index in [9.17, 15) is 0 Å². The molecule has 0 spiro atoms. The summed E-state index contributed by atoms with van der Waals surface area (Å²) in [6, 6.07) is 7.14. The molecular weight excluding hydrogens is 257 g/mol. The van der Waals surface area contributed by atoms with Gasteiger partial charge in [0, 0.05) is 16.2 Å². The minimum absolute atomic E-state index is 0.0933. The van der Waals surface area contributed by atoms with E-state index in [2.05, 4.69) is 15.3 Å². The second-order valence-electron chi connectivity index (χ2n) is 3.52. The van der Waals surface area contributed by atoms with Gasteiger partial charge >= 0.3 is 0 Å². The number of hydrogen-bond acceptors (Lipinski definition) is 3. The fourth-order valence-corrected chi connectivity index (χ4v) is 2.08. The van der Waals surface area contributed by atoms with Crippen molar-refractivity contribution in [2.24, 2.45) is 0 Å². The summed E-state index contributed by atoms with van der Waals surface area (Å²) in [5.41, 5.74) is 1.76. The minimum Gasteiger partial charge on any atom is -0.308 e. The lowest BCUT2D eigenvalue weighted by atomic mass is 10.0. The number of nitrogens with one attached hydrogen (secondary N) is 1. The number of halogens is 2. The molecule has 1 heterocycles. The molecule has 0 saturated carbocycles. The highest BCUT2D eigenvalue weighted by Crippen LogP contribution is 2.29. The smallest absolute Gasteiger partial charge is 0.115 e. The fourth-order valence-electron chi connectivity index (χ4n) is 1.67. The molecule has 0 fully saturated rings. The van der Waals surface area contributed by atoms with Gasteiger partial charge < -0.3 is 5.32 Å². The van der Waals surface area contributed by atoms with Gasteiger partial charge in [-0.15, -0.1) is 0 Å². The van der Waals surface area contributed by atoms with Crippen LogP contribution in [-0.2, 0) is 0 Å². The van der Waals surface area contributed by atoms with Crippen molar-refractivity contribution >= 4 is 23.2 Å². The van der Waals surface area contributed by atoms with Crippen LogP contribution < -0.4 is 5.32 Å². The van der Waals surface area contributed by atoms with Crippen molar-refractivity contribution in [2.75, 3.05) is 7.05 Å². The third-order valence-corrected chi connectivity index (χ3v) is 3.04. The van der Waals surface area contributed by atoms with Gasteiger partial charge in [0.15, 0.2) is 0 Å². The van der Waals surface area contributed by atoms with Crippen LogP contribution >= 0.6 is 23.2 Å². The molecule has 0 bridgehead atoms. The second-order valence-corrected chi connectivity index (χ2v) is 4.37. The molecule has 0 amide bonds. The van der Waals surface area contributed by atoms with Crippen LogP contribution in [0.5, 0.6) is 0 Å². The maximum atomic E-state index is 6.18. The van der Waals surface area contributed by atoms with Gasteiger partial charge in [0.1, 0.15) is 6.33 Å². The largest absolute Gasteiger partial charge is 0.308 e. The van der Waals surface area contributed by atoms with Crippen molar-refractivity contribution in [3.05, 3.63) is 58.1 Å². The molecule has 17 heavy (non-hydrogen) atoms. The van der Waals surface area contributed by atoms with Gasteiger partial charge in [0.2, 0.25) is 0 Å². The molecule has 2 rings (SSSR count). The van der Waals surface area contributed by atoms with E-state index in [1.54, 1.807) is 18.3 Å².